The molecule has 0 spiro atoms. The molecule has 0 radical (unpaired) electrons. The normalized spacial score (nSPS) is 13.6. The van der Waals surface area contributed by atoms with Crippen LogP contribution in [0.2, 0.25) is 5.02 Å². The van der Waals surface area contributed by atoms with Crippen LogP contribution in [0.25, 0.3) is 0 Å². The van der Waals surface area contributed by atoms with Gasteiger partial charge in [-0.1, -0.05) is 33.6 Å². The lowest BCUT2D eigenvalue weighted by molar-refractivity contribution is -0.138. The van der Waals surface area contributed by atoms with Gasteiger partial charge in [-0.15, -0.1) is 11.3 Å². The molecule has 2 N–H and O–H groups in total. The first-order valence-corrected chi connectivity index (χ1v) is 7.21. The van der Waals surface area contributed by atoms with Crippen molar-refractivity contribution in [1.82, 2.24) is 0 Å². The first-order valence-electron chi connectivity index (χ1n) is 5.16. The van der Waals surface area contributed by atoms with Gasteiger partial charge in [0.2, 0.25) is 0 Å². The van der Waals surface area contributed by atoms with Crippen LogP contribution < -0.4 is 5.73 Å². The van der Waals surface area contributed by atoms with E-state index in [0.717, 1.165) is 6.07 Å². The maximum atomic E-state index is 13.0. The van der Waals surface area contributed by atoms with Crippen LogP contribution in [-0.4, -0.2) is 0 Å². The molecule has 102 valence electrons. The third kappa shape index (κ3) is 3.13. The minimum Gasteiger partial charge on any atom is -0.320 e. The predicted molar refractivity (Wildman–Crippen MR) is 74.5 cm³/mol. The summed E-state index contributed by atoms with van der Waals surface area (Å²) in [6, 6.07) is 4.65. The Morgan fingerprint density at radius 1 is 1.26 bits per heavy atom. The van der Waals surface area contributed by atoms with E-state index in [9.17, 15) is 13.2 Å². The van der Waals surface area contributed by atoms with Gasteiger partial charge in [-0.05, 0) is 29.1 Å². The molecule has 0 bridgehead atoms. The summed E-state index contributed by atoms with van der Waals surface area (Å²) < 4.78 is 39.4. The number of alkyl halides is 3. The summed E-state index contributed by atoms with van der Waals surface area (Å²) >= 11 is 10.2. The van der Waals surface area contributed by atoms with Gasteiger partial charge in [0.25, 0.3) is 0 Å². The Hall–Kier alpha value is -0.560. The summed E-state index contributed by atoms with van der Waals surface area (Å²) in [5, 5.41) is 2.08. The van der Waals surface area contributed by atoms with Crippen LogP contribution in [0.5, 0.6) is 0 Å². The number of hydrogen-bond donors (Lipinski definition) is 1. The van der Waals surface area contributed by atoms with Crippen LogP contribution in [0, 0.1) is 0 Å². The fourth-order valence-electron chi connectivity index (χ4n) is 1.71. The molecule has 0 saturated carbocycles. The summed E-state index contributed by atoms with van der Waals surface area (Å²) in [6.07, 6.45) is -4.46. The van der Waals surface area contributed by atoms with E-state index >= 15 is 0 Å². The lowest BCUT2D eigenvalue weighted by Gasteiger charge is -2.18. The van der Waals surface area contributed by atoms with Gasteiger partial charge in [0.1, 0.15) is 0 Å². The Bertz CT molecular complexity index is 597. The van der Waals surface area contributed by atoms with Gasteiger partial charge in [0.05, 0.1) is 16.6 Å². The molecule has 0 aliphatic heterocycles. The molecule has 1 heterocycles. The van der Waals surface area contributed by atoms with Crippen molar-refractivity contribution >= 4 is 38.9 Å². The van der Waals surface area contributed by atoms with E-state index in [2.05, 4.69) is 15.9 Å². The first-order chi connectivity index (χ1) is 8.80. The van der Waals surface area contributed by atoms with Gasteiger partial charge < -0.3 is 5.73 Å². The largest absolute Gasteiger partial charge is 0.416 e. The van der Waals surface area contributed by atoms with Crippen molar-refractivity contribution in [2.75, 3.05) is 0 Å². The first kappa shape index (κ1) is 14.8. The standard InChI is InChI=1S/C12H8BrClF3NS/c13-6-1-2-7(8(5-6)12(15,16)17)10(18)11-9(14)3-4-19-11/h1-5,10H,18H2. The van der Waals surface area contributed by atoms with Gasteiger partial charge in [-0.25, -0.2) is 0 Å². The van der Waals surface area contributed by atoms with Crippen molar-refractivity contribution in [3.63, 3.8) is 0 Å². The van der Waals surface area contributed by atoms with Crippen molar-refractivity contribution in [2.45, 2.75) is 12.2 Å². The maximum Gasteiger partial charge on any atom is 0.416 e. The molecule has 1 aromatic heterocycles. The molecule has 1 unspecified atom stereocenters. The number of benzene rings is 1. The number of rotatable bonds is 2. The highest BCUT2D eigenvalue weighted by molar-refractivity contribution is 9.10. The van der Waals surface area contributed by atoms with Gasteiger partial charge in [-0.3, -0.25) is 0 Å². The number of thiophene rings is 1. The molecule has 1 nitrogen and oxygen atoms in total. The van der Waals surface area contributed by atoms with Crippen LogP contribution in [0.4, 0.5) is 13.2 Å². The molecule has 0 saturated heterocycles. The quantitative estimate of drug-likeness (QED) is 0.769. The topological polar surface area (TPSA) is 26.0 Å². The van der Waals surface area contributed by atoms with Crippen LogP contribution in [0.15, 0.2) is 34.1 Å². The lowest BCUT2D eigenvalue weighted by atomic mass is 9.99. The second kappa shape index (κ2) is 5.44. The summed E-state index contributed by atoms with van der Waals surface area (Å²) in [6.45, 7) is 0. The van der Waals surface area contributed by atoms with E-state index in [1.807, 2.05) is 0 Å². The summed E-state index contributed by atoms with van der Waals surface area (Å²) in [5.41, 5.74) is 5.18. The third-order valence-corrected chi connectivity index (χ3v) is 4.52. The molecule has 1 aromatic carbocycles. The van der Waals surface area contributed by atoms with Gasteiger partial charge in [0.15, 0.2) is 0 Å². The minimum atomic E-state index is -4.46. The smallest absolute Gasteiger partial charge is 0.320 e. The SMILES string of the molecule is NC(c1ccc(Br)cc1C(F)(F)F)c1sccc1Cl. The average Bonchev–Trinajstić information content (AvgIpc) is 2.73. The van der Waals surface area contributed by atoms with Crippen molar-refractivity contribution < 1.29 is 13.2 Å². The molecule has 1 atom stereocenters. The predicted octanol–water partition coefficient (Wildman–Crippen LogP) is 5.23. The third-order valence-electron chi connectivity index (χ3n) is 2.58. The van der Waals surface area contributed by atoms with Crippen LogP contribution in [0.3, 0.4) is 0 Å². The molecule has 19 heavy (non-hydrogen) atoms. The molecule has 7 heteroatoms. The number of nitrogens with two attached hydrogens (primary N) is 1. The van der Waals surface area contributed by atoms with E-state index in [1.165, 1.54) is 23.5 Å². The van der Waals surface area contributed by atoms with Crippen LogP contribution in [-0.2, 0) is 6.18 Å². The highest BCUT2D eigenvalue weighted by atomic mass is 79.9. The van der Waals surface area contributed by atoms with E-state index in [-0.39, 0.29) is 5.56 Å². The Morgan fingerprint density at radius 2 is 1.95 bits per heavy atom. The molecule has 2 rings (SSSR count). The highest BCUT2D eigenvalue weighted by Crippen LogP contribution is 2.39. The molecular weight excluding hydrogens is 363 g/mol. The summed E-state index contributed by atoms with van der Waals surface area (Å²) in [5.74, 6) is 0. The molecular formula is C12H8BrClF3NS. The molecule has 2 aromatic rings. The van der Waals surface area contributed by atoms with Crippen LogP contribution in [0.1, 0.15) is 22.0 Å². The Labute approximate surface area is 125 Å². The second-order valence-electron chi connectivity index (χ2n) is 3.84. The maximum absolute atomic E-state index is 13.0. The average molecular weight is 371 g/mol. The van der Waals surface area contributed by atoms with E-state index < -0.39 is 17.8 Å². The fourth-order valence-corrected chi connectivity index (χ4v) is 3.27. The molecule has 0 aliphatic carbocycles. The number of hydrogen-bond acceptors (Lipinski definition) is 2. The molecule has 0 fully saturated rings. The van der Waals surface area contributed by atoms with Crippen molar-refractivity contribution in [1.29, 1.82) is 0 Å². The van der Waals surface area contributed by atoms with Crippen molar-refractivity contribution in [3.8, 4) is 0 Å². The Kier molecular flexibility index (Phi) is 4.25. The minimum absolute atomic E-state index is 0.0139. The van der Waals surface area contributed by atoms with E-state index in [1.54, 1.807) is 11.4 Å². The lowest BCUT2D eigenvalue weighted by Crippen LogP contribution is -2.18. The second-order valence-corrected chi connectivity index (χ2v) is 6.11. The number of halogens is 5. The zero-order valence-corrected chi connectivity index (χ0v) is 12.5. The zero-order valence-electron chi connectivity index (χ0n) is 9.34. The summed E-state index contributed by atoms with van der Waals surface area (Å²) in [4.78, 5) is 0.523. The van der Waals surface area contributed by atoms with Gasteiger partial charge in [0, 0.05) is 9.35 Å². The van der Waals surface area contributed by atoms with E-state index in [4.69, 9.17) is 17.3 Å². The van der Waals surface area contributed by atoms with Crippen molar-refractivity contribution in [2.24, 2.45) is 5.73 Å². The fraction of sp³-hybridized carbons (Fsp3) is 0.167. The Morgan fingerprint density at radius 3 is 2.47 bits per heavy atom. The van der Waals surface area contributed by atoms with Crippen LogP contribution >= 0.6 is 38.9 Å². The Balaban J connectivity index is 2.54. The monoisotopic (exact) mass is 369 g/mol. The zero-order chi connectivity index (χ0) is 14.2. The van der Waals surface area contributed by atoms with Gasteiger partial charge in [-0.2, -0.15) is 13.2 Å². The van der Waals surface area contributed by atoms with E-state index in [0.29, 0.717) is 14.4 Å². The highest BCUT2D eigenvalue weighted by Gasteiger charge is 2.35. The molecule has 0 amide bonds. The molecule has 0 aliphatic rings. The summed E-state index contributed by atoms with van der Waals surface area (Å²) in [7, 11) is 0. The van der Waals surface area contributed by atoms with Crippen molar-refractivity contribution in [3.05, 3.63) is 55.1 Å². The van der Waals surface area contributed by atoms with Gasteiger partial charge >= 0.3 is 6.18 Å².